The molecule has 0 aliphatic rings. The van der Waals surface area contributed by atoms with Crippen LogP contribution in [0.3, 0.4) is 0 Å². The molecule has 2 aromatic heterocycles. The van der Waals surface area contributed by atoms with Crippen LogP contribution < -0.4 is 0 Å². The number of hydrogen-bond acceptors (Lipinski definition) is 5. The van der Waals surface area contributed by atoms with E-state index in [-0.39, 0.29) is 5.56 Å². The number of rotatable bonds is 4. The lowest BCUT2D eigenvalue weighted by atomic mass is 10.2. The van der Waals surface area contributed by atoms with Crippen molar-refractivity contribution in [2.24, 2.45) is 0 Å². The van der Waals surface area contributed by atoms with Gasteiger partial charge >= 0.3 is 5.97 Å². The first-order chi connectivity index (χ1) is 9.65. The predicted molar refractivity (Wildman–Crippen MR) is 75.0 cm³/mol. The molecule has 1 N–H and O–H groups in total. The van der Waals surface area contributed by atoms with E-state index in [0.29, 0.717) is 24.0 Å². The molecule has 0 saturated heterocycles. The minimum absolute atomic E-state index is 0.224. The summed E-state index contributed by atoms with van der Waals surface area (Å²) in [5.41, 5.74) is 2.37. The first kappa shape index (κ1) is 12.7. The van der Waals surface area contributed by atoms with E-state index < -0.39 is 5.97 Å². The number of aromatic carboxylic acids is 1. The normalized spacial score (nSPS) is 11.1. The van der Waals surface area contributed by atoms with Gasteiger partial charge in [-0.1, -0.05) is 11.3 Å². The average molecular weight is 288 g/mol. The van der Waals surface area contributed by atoms with Crippen LogP contribution in [-0.4, -0.2) is 31.1 Å². The third-order valence-corrected chi connectivity index (χ3v) is 3.83. The second kappa shape index (κ2) is 5.01. The smallest absolute Gasteiger partial charge is 0.337 e. The number of para-hydroxylation sites is 1. The van der Waals surface area contributed by atoms with Crippen LogP contribution in [-0.2, 0) is 13.0 Å². The van der Waals surface area contributed by atoms with Crippen LogP contribution in [0, 0.1) is 6.92 Å². The summed E-state index contributed by atoms with van der Waals surface area (Å²) < 4.78 is 1.63. The highest BCUT2D eigenvalue weighted by atomic mass is 32.1. The van der Waals surface area contributed by atoms with E-state index in [0.717, 1.165) is 10.7 Å². The van der Waals surface area contributed by atoms with E-state index in [1.807, 2.05) is 12.3 Å². The lowest BCUT2D eigenvalue weighted by Crippen LogP contribution is -2.07. The third kappa shape index (κ3) is 2.27. The van der Waals surface area contributed by atoms with Crippen molar-refractivity contribution in [2.75, 3.05) is 0 Å². The Hall–Kier alpha value is -2.28. The molecule has 0 spiro atoms. The fourth-order valence-electron chi connectivity index (χ4n) is 2.10. The minimum Gasteiger partial charge on any atom is -0.478 e. The molecule has 0 atom stereocenters. The van der Waals surface area contributed by atoms with Crippen molar-refractivity contribution in [2.45, 2.75) is 19.9 Å². The van der Waals surface area contributed by atoms with Gasteiger partial charge in [-0.3, -0.25) is 0 Å². The van der Waals surface area contributed by atoms with E-state index in [4.69, 9.17) is 0 Å². The highest BCUT2D eigenvalue weighted by molar-refractivity contribution is 7.09. The summed E-state index contributed by atoms with van der Waals surface area (Å²) in [7, 11) is 0. The second-order valence-corrected chi connectivity index (χ2v) is 5.46. The van der Waals surface area contributed by atoms with Gasteiger partial charge in [0.25, 0.3) is 0 Å². The van der Waals surface area contributed by atoms with Gasteiger partial charge in [0.1, 0.15) is 11.0 Å². The predicted octanol–water partition coefficient (Wildman–Crippen LogP) is 2.14. The number of carboxylic acid groups (broad SMARTS) is 1. The van der Waals surface area contributed by atoms with E-state index >= 15 is 0 Å². The molecule has 0 aliphatic carbocycles. The number of aryl methyl sites for hydroxylation is 3. The maximum absolute atomic E-state index is 11.3. The van der Waals surface area contributed by atoms with Crippen molar-refractivity contribution in [3.8, 4) is 0 Å². The Balaban J connectivity index is 1.93. The van der Waals surface area contributed by atoms with Gasteiger partial charge < -0.3 is 5.11 Å². The van der Waals surface area contributed by atoms with Crippen LogP contribution in [0.2, 0.25) is 0 Å². The Kier molecular flexibility index (Phi) is 3.19. The largest absolute Gasteiger partial charge is 0.478 e. The standard InChI is InChI=1S/C13H12N4O2S/c1-8-14-9(7-20-8)5-6-17-12-10(13(18)19)3-2-4-11(12)15-16-17/h2-4,7H,5-6H2,1H3,(H,18,19). The van der Waals surface area contributed by atoms with Gasteiger partial charge in [0.15, 0.2) is 0 Å². The van der Waals surface area contributed by atoms with Crippen molar-refractivity contribution < 1.29 is 9.90 Å². The van der Waals surface area contributed by atoms with Crippen molar-refractivity contribution in [3.05, 3.63) is 39.8 Å². The minimum atomic E-state index is -0.969. The monoisotopic (exact) mass is 288 g/mol. The second-order valence-electron chi connectivity index (χ2n) is 4.40. The molecule has 0 fully saturated rings. The summed E-state index contributed by atoms with van der Waals surface area (Å²) >= 11 is 1.60. The van der Waals surface area contributed by atoms with Gasteiger partial charge in [-0.25, -0.2) is 14.5 Å². The molecule has 0 radical (unpaired) electrons. The van der Waals surface area contributed by atoms with Gasteiger partial charge in [0.05, 0.1) is 16.3 Å². The zero-order valence-corrected chi connectivity index (χ0v) is 11.6. The molecule has 0 saturated carbocycles. The van der Waals surface area contributed by atoms with Crippen molar-refractivity contribution in [3.63, 3.8) is 0 Å². The summed E-state index contributed by atoms with van der Waals surface area (Å²) in [5.74, 6) is -0.969. The summed E-state index contributed by atoms with van der Waals surface area (Å²) in [6.07, 6.45) is 0.705. The van der Waals surface area contributed by atoms with E-state index in [1.165, 1.54) is 0 Å². The maximum Gasteiger partial charge on any atom is 0.337 e. The van der Waals surface area contributed by atoms with E-state index in [1.54, 1.807) is 34.2 Å². The van der Waals surface area contributed by atoms with Crippen molar-refractivity contribution in [1.29, 1.82) is 0 Å². The first-order valence-electron chi connectivity index (χ1n) is 6.11. The highest BCUT2D eigenvalue weighted by Crippen LogP contribution is 2.17. The summed E-state index contributed by atoms with van der Waals surface area (Å²) in [4.78, 5) is 15.7. The SMILES string of the molecule is Cc1nc(CCn2nnc3cccc(C(=O)O)c32)cs1. The van der Waals surface area contributed by atoms with Crippen LogP contribution in [0.4, 0.5) is 0 Å². The molecule has 0 amide bonds. The van der Waals surface area contributed by atoms with Crippen LogP contribution >= 0.6 is 11.3 Å². The van der Waals surface area contributed by atoms with Crippen LogP contribution in [0.5, 0.6) is 0 Å². The maximum atomic E-state index is 11.3. The van der Waals surface area contributed by atoms with Crippen LogP contribution in [0.15, 0.2) is 23.6 Å². The number of fused-ring (bicyclic) bond motifs is 1. The Morgan fingerprint density at radius 1 is 1.45 bits per heavy atom. The van der Waals surface area contributed by atoms with Gasteiger partial charge in [0, 0.05) is 18.3 Å². The molecule has 3 rings (SSSR count). The molecule has 0 unspecified atom stereocenters. The molecular weight excluding hydrogens is 276 g/mol. The number of nitrogens with zero attached hydrogens (tertiary/aromatic N) is 4. The van der Waals surface area contributed by atoms with Crippen molar-refractivity contribution in [1.82, 2.24) is 20.0 Å². The quantitative estimate of drug-likeness (QED) is 0.795. The van der Waals surface area contributed by atoms with Gasteiger partial charge in [-0.15, -0.1) is 16.4 Å². The Bertz CT molecular complexity index is 778. The Morgan fingerprint density at radius 2 is 2.30 bits per heavy atom. The fourth-order valence-corrected chi connectivity index (χ4v) is 2.75. The number of carboxylic acids is 1. The average Bonchev–Trinajstić information content (AvgIpc) is 3.02. The topological polar surface area (TPSA) is 80.9 Å². The molecule has 2 heterocycles. The zero-order valence-electron chi connectivity index (χ0n) is 10.8. The Morgan fingerprint density at radius 3 is 3.00 bits per heavy atom. The molecular formula is C13H12N4O2S. The summed E-state index contributed by atoms with van der Waals surface area (Å²) in [5, 5.41) is 20.3. The number of benzene rings is 1. The third-order valence-electron chi connectivity index (χ3n) is 3.01. The molecule has 1 aromatic carbocycles. The van der Waals surface area contributed by atoms with Gasteiger partial charge in [0.2, 0.25) is 0 Å². The molecule has 0 aliphatic heterocycles. The Labute approximate surface area is 118 Å². The van der Waals surface area contributed by atoms with Crippen molar-refractivity contribution >= 4 is 28.3 Å². The lowest BCUT2D eigenvalue weighted by Gasteiger charge is -2.03. The first-order valence-corrected chi connectivity index (χ1v) is 6.99. The van der Waals surface area contributed by atoms with Crippen LogP contribution in [0.25, 0.3) is 11.0 Å². The highest BCUT2D eigenvalue weighted by Gasteiger charge is 2.14. The molecule has 102 valence electrons. The van der Waals surface area contributed by atoms with Gasteiger partial charge in [-0.2, -0.15) is 0 Å². The van der Waals surface area contributed by atoms with E-state index in [9.17, 15) is 9.90 Å². The molecule has 3 aromatic rings. The number of hydrogen-bond donors (Lipinski definition) is 1. The molecule has 7 heteroatoms. The zero-order chi connectivity index (χ0) is 14.1. The molecule has 6 nitrogen and oxygen atoms in total. The number of thiazole rings is 1. The number of aromatic nitrogens is 4. The summed E-state index contributed by atoms with van der Waals surface area (Å²) in [6.45, 7) is 2.52. The lowest BCUT2D eigenvalue weighted by molar-refractivity contribution is 0.0698. The van der Waals surface area contributed by atoms with E-state index in [2.05, 4.69) is 15.3 Å². The fraction of sp³-hybridized carbons (Fsp3) is 0.231. The summed E-state index contributed by atoms with van der Waals surface area (Å²) in [6, 6.07) is 5.00. The number of carbonyl (C=O) groups is 1. The van der Waals surface area contributed by atoms with Crippen LogP contribution in [0.1, 0.15) is 21.1 Å². The molecule has 0 bridgehead atoms. The van der Waals surface area contributed by atoms with Gasteiger partial charge in [-0.05, 0) is 19.1 Å². The molecule has 20 heavy (non-hydrogen) atoms.